The number of rotatable bonds is 1. The first-order valence-corrected chi connectivity index (χ1v) is 4.91. The number of ether oxygens (including phenoxy) is 1. The van der Waals surface area contributed by atoms with Crippen LogP contribution in [0, 0.1) is 0 Å². The molecule has 0 fully saturated rings. The minimum absolute atomic E-state index is 0.102. The van der Waals surface area contributed by atoms with Gasteiger partial charge < -0.3 is 9.15 Å². The zero-order valence-electron chi connectivity index (χ0n) is 8.09. The highest BCUT2D eigenvalue weighted by atomic mass is 16.5. The molecule has 0 amide bonds. The molecule has 3 rings (SSSR count). The summed E-state index contributed by atoms with van der Waals surface area (Å²) in [7, 11) is 0. The molecule has 0 saturated heterocycles. The van der Waals surface area contributed by atoms with Crippen LogP contribution in [0.15, 0.2) is 53.2 Å². The van der Waals surface area contributed by atoms with Crippen molar-refractivity contribution in [3.05, 3.63) is 60.1 Å². The van der Waals surface area contributed by atoms with Crippen LogP contribution in [0.2, 0.25) is 0 Å². The van der Waals surface area contributed by atoms with Gasteiger partial charge in [0.25, 0.3) is 0 Å². The molecule has 1 atom stereocenters. The van der Waals surface area contributed by atoms with Crippen LogP contribution in [0.4, 0.5) is 0 Å². The van der Waals surface area contributed by atoms with E-state index in [9.17, 15) is 0 Å². The fourth-order valence-electron chi connectivity index (χ4n) is 1.70. The molecule has 0 unspecified atom stereocenters. The van der Waals surface area contributed by atoms with Crippen LogP contribution >= 0.6 is 0 Å². The van der Waals surface area contributed by atoms with Gasteiger partial charge in [0.15, 0.2) is 6.10 Å². The Hall–Kier alpha value is -1.96. The Kier molecular flexibility index (Phi) is 1.85. The fraction of sp³-hybridized carbons (Fsp3) is 0.0769. The van der Waals surface area contributed by atoms with E-state index in [4.69, 9.17) is 9.15 Å². The zero-order valence-corrected chi connectivity index (χ0v) is 8.09. The van der Waals surface area contributed by atoms with Gasteiger partial charge in [0.2, 0.25) is 0 Å². The summed E-state index contributed by atoms with van der Waals surface area (Å²) in [6, 6.07) is 11.8. The zero-order chi connectivity index (χ0) is 10.1. The molecule has 1 aliphatic heterocycles. The second-order valence-corrected chi connectivity index (χ2v) is 3.45. The van der Waals surface area contributed by atoms with Gasteiger partial charge in [-0.2, -0.15) is 0 Å². The van der Waals surface area contributed by atoms with Gasteiger partial charge in [-0.05, 0) is 24.3 Å². The van der Waals surface area contributed by atoms with Crippen LogP contribution in [0.5, 0.6) is 5.75 Å². The van der Waals surface area contributed by atoms with E-state index in [2.05, 4.69) is 6.08 Å². The molecule has 1 aromatic carbocycles. The molecule has 0 aliphatic carbocycles. The van der Waals surface area contributed by atoms with Crippen LogP contribution < -0.4 is 4.74 Å². The molecule has 0 saturated carbocycles. The molecule has 15 heavy (non-hydrogen) atoms. The van der Waals surface area contributed by atoms with Crippen molar-refractivity contribution in [2.75, 3.05) is 0 Å². The third kappa shape index (κ3) is 1.44. The lowest BCUT2D eigenvalue weighted by Gasteiger charge is -2.19. The smallest absolute Gasteiger partial charge is 0.174 e. The van der Waals surface area contributed by atoms with Crippen molar-refractivity contribution >= 4 is 6.08 Å². The topological polar surface area (TPSA) is 22.4 Å². The normalized spacial score (nSPS) is 18.3. The van der Waals surface area contributed by atoms with Gasteiger partial charge in [0, 0.05) is 5.56 Å². The van der Waals surface area contributed by atoms with Crippen LogP contribution in [0.25, 0.3) is 6.08 Å². The molecule has 0 N–H and O–H groups in total. The van der Waals surface area contributed by atoms with E-state index in [0.29, 0.717) is 0 Å². The Morgan fingerprint density at radius 2 is 1.93 bits per heavy atom. The van der Waals surface area contributed by atoms with Crippen LogP contribution in [-0.4, -0.2) is 0 Å². The molecule has 1 aliphatic rings. The van der Waals surface area contributed by atoms with Crippen molar-refractivity contribution in [2.45, 2.75) is 6.10 Å². The predicted octanol–water partition coefficient (Wildman–Crippen LogP) is 3.43. The standard InChI is InChI=1S/C13H10O2/c1-2-5-11-10(4-1)7-8-13(15-11)12-6-3-9-14-12/h1-9,13H/t13-/m1/s1. The van der Waals surface area contributed by atoms with Gasteiger partial charge in [-0.1, -0.05) is 24.3 Å². The predicted molar refractivity (Wildman–Crippen MR) is 57.6 cm³/mol. The second-order valence-electron chi connectivity index (χ2n) is 3.45. The van der Waals surface area contributed by atoms with Crippen molar-refractivity contribution in [1.82, 2.24) is 0 Å². The Morgan fingerprint density at radius 1 is 1.00 bits per heavy atom. The van der Waals surface area contributed by atoms with Gasteiger partial charge in [-0.25, -0.2) is 0 Å². The quantitative estimate of drug-likeness (QED) is 0.700. The summed E-state index contributed by atoms with van der Waals surface area (Å²) in [5.74, 6) is 1.74. The Labute approximate surface area is 87.8 Å². The Balaban J connectivity index is 1.96. The average Bonchev–Trinajstić information content (AvgIpc) is 2.82. The molecule has 74 valence electrons. The van der Waals surface area contributed by atoms with Gasteiger partial charge >= 0.3 is 0 Å². The number of furan rings is 1. The third-order valence-electron chi connectivity index (χ3n) is 2.45. The van der Waals surface area contributed by atoms with Crippen LogP contribution in [0.3, 0.4) is 0 Å². The van der Waals surface area contributed by atoms with E-state index >= 15 is 0 Å². The number of hydrogen-bond donors (Lipinski definition) is 0. The first-order valence-electron chi connectivity index (χ1n) is 4.91. The van der Waals surface area contributed by atoms with E-state index in [1.165, 1.54) is 0 Å². The van der Waals surface area contributed by atoms with E-state index in [0.717, 1.165) is 17.1 Å². The summed E-state index contributed by atoms with van der Waals surface area (Å²) >= 11 is 0. The lowest BCUT2D eigenvalue weighted by Crippen LogP contribution is -2.07. The van der Waals surface area contributed by atoms with Gasteiger partial charge in [0.05, 0.1) is 6.26 Å². The molecule has 0 radical (unpaired) electrons. The number of para-hydroxylation sites is 1. The van der Waals surface area contributed by atoms with Crippen LogP contribution in [0.1, 0.15) is 17.4 Å². The molecular formula is C13H10O2. The maximum atomic E-state index is 5.80. The van der Waals surface area contributed by atoms with E-state index in [1.54, 1.807) is 6.26 Å². The summed E-state index contributed by atoms with van der Waals surface area (Å²) in [6.45, 7) is 0. The van der Waals surface area contributed by atoms with Crippen molar-refractivity contribution in [3.8, 4) is 5.75 Å². The van der Waals surface area contributed by atoms with Crippen molar-refractivity contribution in [3.63, 3.8) is 0 Å². The minimum atomic E-state index is -0.102. The van der Waals surface area contributed by atoms with Crippen molar-refractivity contribution in [1.29, 1.82) is 0 Å². The molecule has 1 aromatic heterocycles. The number of hydrogen-bond acceptors (Lipinski definition) is 2. The monoisotopic (exact) mass is 198 g/mol. The maximum absolute atomic E-state index is 5.80. The summed E-state index contributed by atoms with van der Waals surface area (Å²) < 4.78 is 11.1. The largest absolute Gasteiger partial charge is 0.478 e. The first kappa shape index (κ1) is 8.36. The minimum Gasteiger partial charge on any atom is -0.478 e. The Bertz CT molecular complexity index is 483. The SMILES string of the molecule is C1=C[C@H](c2ccco2)Oc2ccccc21. The second kappa shape index (κ2) is 3.31. The average molecular weight is 198 g/mol. The van der Waals surface area contributed by atoms with Gasteiger partial charge in [0.1, 0.15) is 11.5 Å². The van der Waals surface area contributed by atoms with E-state index in [1.807, 2.05) is 42.5 Å². The summed E-state index contributed by atoms with van der Waals surface area (Å²) in [6.07, 6.45) is 5.62. The fourth-order valence-corrected chi connectivity index (χ4v) is 1.70. The highest BCUT2D eigenvalue weighted by molar-refractivity contribution is 5.60. The molecule has 0 spiro atoms. The van der Waals surface area contributed by atoms with Gasteiger partial charge in [-0.15, -0.1) is 0 Å². The van der Waals surface area contributed by atoms with Crippen molar-refractivity contribution < 1.29 is 9.15 Å². The molecule has 2 heterocycles. The molecular weight excluding hydrogens is 188 g/mol. The molecule has 0 bridgehead atoms. The summed E-state index contributed by atoms with van der Waals surface area (Å²) in [5, 5.41) is 0. The third-order valence-corrected chi connectivity index (χ3v) is 2.45. The first-order chi connectivity index (χ1) is 7.43. The number of fused-ring (bicyclic) bond motifs is 1. The van der Waals surface area contributed by atoms with Gasteiger partial charge in [-0.3, -0.25) is 0 Å². The maximum Gasteiger partial charge on any atom is 0.174 e. The number of benzene rings is 1. The molecule has 2 heteroatoms. The summed E-state index contributed by atoms with van der Waals surface area (Å²) in [5.41, 5.74) is 1.11. The van der Waals surface area contributed by atoms with Crippen molar-refractivity contribution in [2.24, 2.45) is 0 Å². The van der Waals surface area contributed by atoms with E-state index in [-0.39, 0.29) is 6.10 Å². The Morgan fingerprint density at radius 3 is 2.80 bits per heavy atom. The molecule has 2 nitrogen and oxygen atoms in total. The van der Waals surface area contributed by atoms with E-state index < -0.39 is 0 Å². The lowest BCUT2D eigenvalue weighted by molar-refractivity contribution is 0.219. The molecule has 2 aromatic rings. The highest BCUT2D eigenvalue weighted by Crippen LogP contribution is 2.32. The van der Waals surface area contributed by atoms with Crippen LogP contribution in [-0.2, 0) is 0 Å². The highest BCUT2D eigenvalue weighted by Gasteiger charge is 2.17. The lowest BCUT2D eigenvalue weighted by atomic mass is 10.1. The summed E-state index contributed by atoms with van der Waals surface area (Å²) in [4.78, 5) is 0.